The summed E-state index contributed by atoms with van der Waals surface area (Å²) in [6.07, 6.45) is -1.45. The predicted molar refractivity (Wildman–Crippen MR) is 129 cm³/mol. The van der Waals surface area contributed by atoms with E-state index in [0.29, 0.717) is 22.2 Å². The van der Waals surface area contributed by atoms with Crippen molar-refractivity contribution in [3.8, 4) is 0 Å². The summed E-state index contributed by atoms with van der Waals surface area (Å²) in [4.78, 5) is 36.2. The Morgan fingerprint density at radius 2 is 1.75 bits per heavy atom. The van der Waals surface area contributed by atoms with Gasteiger partial charge in [-0.25, -0.2) is 9.48 Å². The SMILES string of the molecule is O=C(O)CC(NC(=O)OCCOCc1ccccc1)C(=O)Cn1nnnc1Cc1c(Cl)cccc1Cl. The van der Waals surface area contributed by atoms with Crippen molar-refractivity contribution in [3.05, 3.63) is 75.5 Å². The van der Waals surface area contributed by atoms with E-state index in [4.69, 9.17) is 32.7 Å². The molecule has 0 saturated carbocycles. The van der Waals surface area contributed by atoms with Crippen LogP contribution in [-0.4, -0.2) is 62.4 Å². The lowest BCUT2D eigenvalue weighted by atomic mass is 10.1. The molecule has 1 heterocycles. The van der Waals surface area contributed by atoms with Crippen molar-refractivity contribution in [1.29, 1.82) is 0 Å². The number of benzene rings is 2. The van der Waals surface area contributed by atoms with Crippen molar-refractivity contribution in [2.45, 2.75) is 32.0 Å². The van der Waals surface area contributed by atoms with Crippen LogP contribution in [0.15, 0.2) is 48.5 Å². The van der Waals surface area contributed by atoms with Crippen LogP contribution in [0.25, 0.3) is 0 Å². The summed E-state index contributed by atoms with van der Waals surface area (Å²) in [5.41, 5.74) is 1.54. The molecule has 2 N–H and O–H groups in total. The molecule has 3 aromatic rings. The van der Waals surface area contributed by atoms with Gasteiger partial charge in [0.15, 0.2) is 11.6 Å². The monoisotopic (exact) mass is 535 g/mol. The third-order valence-corrected chi connectivity index (χ3v) is 5.65. The topological polar surface area (TPSA) is 146 Å². The summed E-state index contributed by atoms with van der Waals surface area (Å²) in [7, 11) is 0. The van der Waals surface area contributed by atoms with E-state index >= 15 is 0 Å². The Hall–Kier alpha value is -3.54. The highest BCUT2D eigenvalue weighted by atomic mass is 35.5. The third kappa shape index (κ3) is 8.29. The van der Waals surface area contributed by atoms with Gasteiger partial charge in [-0.15, -0.1) is 5.10 Å². The molecule has 0 aliphatic heterocycles. The Morgan fingerprint density at radius 3 is 2.44 bits per heavy atom. The van der Waals surface area contributed by atoms with Crippen LogP contribution in [0.1, 0.15) is 23.4 Å². The number of nitrogens with one attached hydrogen (secondary N) is 1. The van der Waals surface area contributed by atoms with Crippen LogP contribution in [-0.2, 0) is 38.6 Å². The van der Waals surface area contributed by atoms with Gasteiger partial charge in [-0.3, -0.25) is 9.59 Å². The molecule has 0 aliphatic carbocycles. The Labute approximate surface area is 216 Å². The lowest BCUT2D eigenvalue weighted by Crippen LogP contribution is -2.44. The first-order valence-electron chi connectivity index (χ1n) is 10.8. The third-order valence-electron chi connectivity index (χ3n) is 4.94. The number of rotatable bonds is 13. The zero-order chi connectivity index (χ0) is 25.9. The van der Waals surface area contributed by atoms with Crippen LogP contribution >= 0.6 is 23.2 Å². The van der Waals surface area contributed by atoms with Gasteiger partial charge in [0, 0.05) is 16.5 Å². The maximum atomic E-state index is 12.8. The molecule has 11 nitrogen and oxygen atoms in total. The number of nitrogens with zero attached hydrogens (tertiary/aromatic N) is 4. The number of carbonyl (C=O) groups excluding carboxylic acids is 2. The quantitative estimate of drug-likeness (QED) is 0.315. The van der Waals surface area contributed by atoms with E-state index in [9.17, 15) is 19.5 Å². The molecule has 0 radical (unpaired) electrons. The zero-order valence-corrected chi connectivity index (χ0v) is 20.5. The van der Waals surface area contributed by atoms with E-state index in [2.05, 4.69) is 20.8 Å². The number of ether oxygens (including phenoxy) is 2. The van der Waals surface area contributed by atoms with Crippen LogP contribution in [0.2, 0.25) is 10.0 Å². The van der Waals surface area contributed by atoms with Crippen molar-refractivity contribution in [2.75, 3.05) is 13.2 Å². The van der Waals surface area contributed by atoms with Crippen LogP contribution in [0.5, 0.6) is 0 Å². The number of carboxylic acid groups (broad SMARTS) is 1. The molecule has 1 amide bonds. The first kappa shape index (κ1) is 27.1. The van der Waals surface area contributed by atoms with Crippen molar-refractivity contribution >= 4 is 41.0 Å². The van der Waals surface area contributed by atoms with Gasteiger partial charge in [0.2, 0.25) is 0 Å². The zero-order valence-electron chi connectivity index (χ0n) is 19.0. The van der Waals surface area contributed by atoms with Crippen LogP contribution in [0, 0.1) is 0 Å². The van der Waals surface area contributed by atoms with E-state index in [0.717, 1.165) is 5.56 Å². The van der Waals surface area contributed by atoms with Gasteiger partial charge in [-0.2, -0.15) is 0 Å². The standard InChI is InChI=1S/C23H23Cl2N5O6/c24-17-7-4-8-18(25)16(17)11-21-27-28-29-30(21)13-20(31)19(12-22(32)33)26-23(34)36-10-9-35-14-15-5-2-1-3-6-15/h1-8,19H,9-14H2,(H,26,34)(H,32,33). The highest BCUT2D eigenvalue weighted by Gasteiger charge is 2.26. The van der Waals surface area contributed by atoms with Crippen molar-refractivity contribution in [1.82, 2.24) is 25.5 Å². The normalized spacial score (nSPS) is 11.6. The number of hydrogen-bond acceptors (Lipinski definition) is 8. The van der Waals surface area contributed by atoms with Crippen LogP contribution in [0.4, 0.5) is 4.79 Å². The number of Topliss-reactive ketones (excluding diaryl/α,β-unsaturated/α-hetero) is 1. The van der Waals surface area contributed by atoms with Gasteiger partial charge in [0.05, 0.1) is 19.6 Å². The Morgan fingerprint density at radius 1 is 1.03 bits per heavy atom. The fraction of sp³-hybridized carbons (Fsp3) is 0.304. The molecule has 1 atom stereocenters. The fourth-order valence-corrected chi connectivity index (χ4v) is 3.68. The van der Waals surface area contributed by atoms with Gasteiger partial charge < -0.3 is 19.9 Å². The van der Waals surface area contributed by atoms with Gasteiger partial charge >= 0.3 is 12.1 Å². The average Bonchev–Trinajstić information content (AvgIpc) is 3.27. The average molecular weight is 536 g/mol. The fourth-order valence-electron chi connectivity index (χ4n) is 3.15. The van der Waals surface area contributed by atoms with Crippen molar-refractivity contribution in [3.63, 3.8) is 0 Å². The molecule has 0 aliphatic rings. The van der Waals surface area contributed by atoms with Crippen molar-refractivity contribution in [2.24, 2.45) is 0 Å². The van der Waals surface area contributed by atoms with Crippen LogP contribution < -0.4 is 5.32 Å². The smallest absolute Gasteiger partial charge is 0.407 e. The Kier molecular flexibility index (Phi) is 10.2. The maximum absolute atomic E-state index is 12.8. The highest BCUT2D eigenvalue weighted by molar-refractivity contribution is 6.36. The summed E-state index contributed by atoms with van der Waals surface area (Å²) < 4.78 is 11.6. The molecule has 0 saturated heterocycles. The van der Waals surface area contributed by atoms with Crippen LogP contribution in [0.3, 0.4) is 0 Å². The molecule has 3 rings (SSSR count). The minimum Gasteiger partial charge on any atom is -0.481 e. The number of ketones is 1. The first-order chi connectivity index (χ1) is 17.3. The highest BCUT2D eigenvalue weighted by Crippen LogP contribution is 2.26. The van der Waals surface area contributed by atoms with E-state index in [1.54, 1.807) is 18.2 Å². The lowest BCUT2D eigenvalue weighted by molar-refractivity contribution is -0.139. The minimum atomic E-state index is -1.36. The molecule has 0 fully saturated rings. The molecule has 1 aromatic heterocycles. The van der Waals surface area contributed by atoms with E-state index in [-0.39, 0.29) is 32.0 Å². The van der Waals surface area contributed by atoms with Gasteiger partial charge in [-0.1, -0.05) is 59.6 Å². The first-order valence-corrected chi connectivity index (χ1v) is 11.6. The molecule has 36 heavy (non-hydrogen) atoms. The molecular weight excluding hydrogens is 513 g/mol. The largest absolute Gasteiger partial charge is 0.481 e. The molecule has 0 bridgehead atoms. The number of tetrazole rings is 1. The van der Waals surface area contributed by atoms with E-state index in [1.165, 1.54) is 4.68 Å². The lowest BCUT2D eigenvalue weighted by Gasteiger charge is -2.16. The number of aliphatic carboxylic acids is 1. The number of carboxylic acids is 1. The van der Waals surface area contributed by atoms with Gasteiger partial charge in [0.1, 0.15) is 19.2 Å². The summed E-state index contributed by atoms with van der Waals surface area (Å²) in [5, 5.41) is 23.6. The van der Waals surface area contributed by atoms with E-state index < -0.39 is 30.3 Å². The van der Waals surface area contributed by atoms with Gasteiger partial charge in [-0.05, 0) is 33.7 Å². The molecular formula is C23H23Cl2N5O6. The Balaban J connectivity index is 1.53. The second-order valence-corrected chi connectivity index (χ2v) is 8.38. The molecule has 2 aromatic carbocycles. The summed E-state index contributed by atoms with van der Waals surface area (Å²) >= 11 is 12.4. The number of aromatic nitrogens is 4. The second-order valence-electron chi connectivity index (χ2n) is 7.56. The maximum Gasteiger partial charge on any atom is 0.407 e. The summed E-state index contributed by atoms with van der Waals surface area (Å²) in [5.74, 6) is -1.63. The molecule has 0 spiro atoms. The van der Waals surface area contributed by atoms with Gasteiger partial charge in [0.25, 0.3) is 0 Å². The predicted octanol–water partition coefficient (Wildman–Crippen LogP) is 2.93. The second kappa shape index (κ2) is 13.5. The number of hydrogen-bond donors (Lipinski definition) is 2. The summed E-state index contributed by atoms with van der Waals surface area (Å²) in [6, 6.07) is 13.1. The van der Waals surface area contributed by atoms with E-state index in [1.807, 2.05) is 30.3 Å². The minimum absolute atomic E-state index is 0.0810. The number of halogens is 2. The number of carbonyl (C=O) groups is 3. The number of alkyl carbamates (subject to hydrolysis) is 1. The Bertz CT molecular complexity index is 1170. The summed E-state index contributed by atoms with van der Waals surface area (Å²) in [6.45, 7) is 0.00325. The molecule has 13 heteroatoms. The number of amides is 1. The molecule has 1 unspecified atom stereocenters. The molecule has 190 valence electrons. The van der Waals surface area contributed by atoms with Crippen molar-refractivity contribution < 1.29 is 29.0 Å².